The topological polar surface area (TPSA) is 23.8 Å². The summed E-state index contributed by atoms with van der Waals surface area (Å²) in [5.41, 5.74) is 0.651. The van der Waals surface area contributed by atoms with E-state index >= 15 is 0 Å². The highest BCUT2D eigenvalue weighted by Gasteiger charge is 1.99. The van der Waals surface area contributed by atoms with Gasteiger partial charge in [-0.15, -0.1) is 0 Å². The first-order valence-electron chi connectivity index (χ1n) is 3.57. The predicted molar refractivity (Wildman–Crippen MR) is 51.8 cm³/mol. The summed E-state index contributed by atoms with van der Waals surface area (Å²) in [7, 11) is 0. The number of nitriles is 1. The van der Waals surface area contributed by atoms with Crippen LogP contribution < -0.4 is 0 Å². The zero-order valence-corrected chi connectivity index (χ0v) is 7.61. The molecule has 0 aliphatic heterocycles. The van der Waals surface area contributed by atoms with Gasteiger partial charge in [-0.3, -0.25) is 0 Å². The molecule has 1 rings (SSSR count). The summed E-state index contributed by atoms with van der Waals surface area (Å²) in [6.07, 6.45) is 0. The van der Waals surface area contributed by atoms with Crippen molar-refractivity contribution >= 4 is 12.6 Å². The van der Waals surface area contributed by atoms with Gasteiger partial charge >= 0.3 is 0 Å². The molecule has 1 aromatic carbocycles. The highest BCUT2D eigenvalue weighted by Crippen LogP contribution is 2.08. The van der Waals surface area contributed by atoms with Crippen molar-refractivity contribution in [2.24, 2.45) is 0 Å². The van der Waals surface area contributed by atoms with Crippen molar-refractivity contribution in [2.75, 3.05) is 5.75 Å². The molecule has 0 bridgehead atoms. The molecule has 0 heterocycles. The molecule has 0 fully saturated rings. The van der Waals surface area contributed by atoms with Gasteiger partial charge in [-0.05, 0) is 18.2 Å². The first-order chi connectivity index (χ1) is 6.27. The molecule has 0 saturated carbocycles. The van der Waals surface area contributed by atoms with Crippen LogP contribution >= 0.6 is 12.6 Å². The average Bonchev–Trinajstić information content (AvgIpc) is 2.17. The Morgan fingerprint density at radius 2 is 2.23 bits per heavy atom. The van der Waals surface area contributed by atoms with Crippen molar-refractivity contribution < 1.29 is 4.39 Å². The van der Waals surface area contributed by atoms with Crippen LogP contribution in [0.1, 0.15) is 11.1 Å². The van der Waals surface area contributed by atoms with Gasteiger partial charge in [0, 0.05) is 0 Å². The van der Waals surface area contributed by atoms with Gasteiger partial charge in [0.2, 0.25) is 0 Å². The minimum absolute atomic E-state index is 0.244. The Hall–Kier alpha value is -1.45. The summed E-state index contributed by atoms with van der Waals surface area (Å²) in [6, 6.07) is 5.99. The molecule has 13 heavy (non-hydrogen) atoms. The summed E-state index contributed by atoms with van der Waals surface area (Å²) in [6.45, 7) is 0. The van der Waals surface area contributed by atoms with Crippen molar-refractivity contribution in [3.8, 4) is 17.9 Å². The van der Waals surface area contributed by atoms with E-state index in [1.54, 1.807) is 0 Å². The van der Waals surface area contributed by atoms with Gasteiger partial charge in [0.15, 0.2) is 0 Å². The lowest BCUT2D eigenvalue weighted by molar-refractivity contribution is 0.624. The van der Waals surface area contributed by atoms with Gasteiger partial charge in [-0.2, -0.15) is 17.9 Å². The van der Waals surface area contributed by atoms with E-state index in [0.29, 0.717) is 11.3 Å². The predicted octanol–water partition coefficient (Wildman–Crippen LogP) is 1.98. The molecule has 64 valence electrons. The lowest BCUT2D eigenvalue weighted by Gasteiger charge is -1.93. The summed E-state index contributed by atoms with van der Waals surface area (Å²) < 4.78 is 13.0. The fourth-order valence-corrected chi connectivity index (χ4v) is 0.904. The van der Waals surface area contributed by atoms with Crippen LogP contribution in [-0.2, 0) is 0 Å². The Labute approximate surface area is 81.6 Å². The molecule has 0 N–H and O–H groups in total. The van der Waals surface area contributed by atoms with Gasteiger partial charge in [0.05, 0.1) is 22.9 Å². The van der Waals surface area contributed by atoms with Crippen molar-refractivity contribution in [3.05, 3.63) is 35.1 Å². The third-order valence-electron chi connectivity index (χ3n) is 1.40. The van der Waals surface area contributed by atoms with Crippen LogP contribution in [0.3, 0.4) is 0 Å². The second-order valence-corrected chi connectivity index (χ2v) is 2.58. The molecule has 0 aliphatic carbocycles. The summed E-state index contributed by atoms with van der Waals surface area (Å²) in [4.78, 5) is 0. The first kappa shape index (κ1) is 9.64. The molecular weight excluding hydrogens is 185 g/mol. The van der Waals surface area contributed by atoms with Crippen LogP contribution in [0, 0.1) is 29.0 Å². The van der Waals surface area contributed by atoms with Crippen LogP contribution in [0.15, 0.2) is 18.2 Å². The van der Waals surface area contributed by atoms with Gasteiger partial charge in [0.25, 0.3) is 0 Å². The standard InChI is InChI=1S/C10H6FNS/c11-10-4-3-8(7-12)6-9(10)2-1-5-13/h3-4,6,13H,5H2. The number of nitrogens with zero attached hydrogens (tertiary/aromatic N) is 1. The lowest BCUT2D eigenvalue weighted by Crippen LogP contribution is -1.85. The second-order valence-electron chi connectivity index (χ2n) is 2.27. The van der Waals surface area contributed by atoms with E-state index < -0.39 is 5.82 Å². The van der Waals surface area contributed by atoms with E-state index in [-0.39, 0.29) is 5.56 Å². The van der Waals surface area contributed by atoms with Crippen molar-refractivity contribution in [2.45, 2.75) is 0 Å². The number of thiol groups is 1. The number of halogens is 1. The number of rotatable bonds is 0. The SMILES string of the molecule is N#Cc1ccc(F)c(C#CCS)c1. The summed E-state index contributed by atoms with van der Waals surface area (Å²) in [5, 5.41) is 8.54. The normalized spacial score (nSPS) is 8.38. The third kappa shape index (κ3) is 2.50. The van der Waals surface area contributed by atoms with E-state index in [4.69, 9.17) is 5.26 Å². The molecule has 1 aromatic rings. The zero-order valence-electron chi connectivity index (χ0n) is 6.71. The van der Waals surface area contributed by atoms with Crippen molar-refractivity contribution in [1.29, 1.82) is 5.26 Å². The van der Waals surface area contributed by atoms with Crippen LogP contribution in [0.2, 0.25) is 0 Å². The smallest absolute Gasteiger partial charge is 0.138 e. The molecular formula is C10H6FNS. The fraction of sp³-hybridized carbons (Fsp3) is 0.100. The first-order valence-corrected chi connectivity index (χ1v) is 4.20. The van der Waals surface area contributed by atoms with Crippen molar-refractivity contribution in [1.82, 2.24) is 0 Å². The molecule has 0 unspecified atom stereocenters. The number of hydrogen-bond acceptors (Lipinski definition) is 2. The minimum Gasteiger partial charge on any atom is -0.206 e. The van der Waals surface area contributed by atoms with Crippen LogP contribution in [0.4, 0.5) is 4.39 Å². The van der Waals surface area contributed by atoms with Crippen LogP contribution in [0.25, 0.3) is 0 Å². The van der Waals surface area contributed by atoms with E-state index in [0.717, 1.165) is 0 Å². The van der Waals surface area contributed by atoms with E-state index in [9.17, 15) is 4.39 Å². The monoisotopic (exact) mass is 191 g/mol. The Balaban J connectivity index is 3.13. The maximum atomic E-state index is 13.0. The summed E-state index contributed by atoms with van der Waals surface area (Å²) in [5.74, 6) is 5.17. The Morgan fingerprint density at radius 1 is 1.46 bits per heavy atom. The third-order valence-corrected chi connectivity index (χ3v) is 1.56. The quantitative estimate of drug-likeness (QED) is 0.492. The van der Waals surface area contributed by atoms with Gasteiger partial charge in [-0.25, -0.2) is 4.39 Å². The largest absolute Gasteiger partial charge is 0.206 e. The zero-order chi connectivity index (χ0) is 9.68. The molecule has 0 spiro atoms. The number of hydrogen-bond donors (Lipinski definition) is 1. The molecule has 1 nitrogen and oxygen atoms in total. The molecule has 0 amide bonds. The molecule has 3 heteroatoms. The maximum absolute atomic E-state index is 13.0. The Kier molecular flexibility index (Phi) is 3.37. The summed E-state index contributed by atoms with van der Waals surface area (Å²) >= 11 is 3.87. The van der Waals surface area contributed by atoms with E-state index in [1.807, 2.05) is 6.07 Å². The highest BCUT2D eigenvalue weighted by molar-refractivity contribution is 7.80. The number of benzene rings is 1. The molecule has 0 aromatic heterocycles. The Morgan fingerprint density at radius 3 is 2.85 bits per heavy atom. The average molecular weight is 191 g/mol. The lowest BCUT2D eigenvalue weighted by atomic mass is 10.1. The van der Waals surface area contributed by atoms with E-state index in [1.165, 1.54) is 18.2 Å². The highest BCUT2D eigenvalue weighted by atomic mass is 32.1. The molecule has 0 atom stereocenters. The maximum Gasteiger partial charge on any atom is 0.138 e. The fourth-order valence-electron chi connectivity index (χ4n) is 0.825. The molecule has 0 radical (unpaired) electrons. The van der Waals surface area contributed by atoms with Gasteiger partial charge < -0.3 is 0 Å². The van der Waals surface area contributed by atoms with Crippen LogP contribution in [0.5, 0.6) is 0 Å². The molecule has 0 aliphatic rings. The van der Waals surface area contributed by atoms with Gasteiger partial charge in [-0.1, -0.05) is 11.8 Å². The van der Waals surface area contributed by atoms with Crippen LogP contribution in [-0.4, -0.2) is 5.75 Å². The second kappa shape index (κ2) is 4.54. The Bertz CT molecular complexity index is 409. The van der Waals surface area contributed by atoms with Gasteiger partial charge in [0.1, 0.15) is 5.82 Å². The van der Waals surface area contributed by atoms with Crippen molar-refractivity contribution in [3.63, 3.8) is 0 Å². The molecule has 0 saturated heterocycles. The van der Waals surface area contributed by atoms with E-state index in [2.05, 4.69) is 24.5 Å². The minimum atomic E-state index is -0.409.